The number of likely N-dealkylation sites (N-methyl/N-ethyl adjacent to an activating group) is 1. The summed E-state index contributed by atoms with van der Waals surface area (Å²) in [6, 6.07) is 9.41. The first-order valence-electron chi connectivity index (χ1n) is 5.84. The fourth-order valence-electron chi connectivity index (χ4n) is 1.51. The summed E-state index contributed by atoms with van der Waals surface area (Å²) in [7, 11) is 0. The van der Waals surface area contributed by atoms with Crippen molar-refractivity contribution in [1.29, 1.82) is 0 Å². The molecule has 0 bridgehead atoms. The monoisotopic (exact) mass is 237 g/mol. The van der Waals surface area contributed by atoms with Crippen LogP contribution < -0.4 is 4.74 Å². The molecule has 0 fully saturated rings. The molecule has 0 spiro atoms. The average molecular weight is 237 g/mol. The van der Waals surface area contributed by atoms with Crippen LogP contribution in [0.5, 0.6) is 5.75 Å². The van der Waals surface area contributed by atoms with Gasteiger partial charge in [-0.25, -0.2) is 0 Å². The minimum atomic E-state index is -0.000871. The Morgan fingerprint density at radius 3 is 2.65 bits per heavy atom. The molecule has 0 aliphatic heterocycles. The number of aliphatic hydroxyl groups is 1. The lowest BCUT2D eigenvalue weighted by atomic mass is 10.3. The highest BCUT2D eigenvalue weighted by Gasteiger charge is 2.10. The Labute approximate surface area is 102 Å². The molecule has 0 aromatic heterocycles. The van der Waals surface area contributed by atoms with E-state index < -0.39 is 0 Å². The largest absolute Gasteiger partial charge is 0.493 e. The molecule has 0 unspecified atom stereocenters. The van der Waals surface area contributed by atoms with Gasteiger partial charge in [0.25, 0.3) is 0 Å². The number of nitrogens with zero attached hydrogens (tertiary/aromatic N) is 1. The molecule has 1 aromatic rings. The van der Waals surface area contributed by atoms with E-state index in [0.717, 1.165) is 5.75 Å². The number of hydrogen-bond acceptors (Lipinski definition) is 3. The third-order valence-corrected chi connectivity index (χ3v) is 2.43. The van der Waals surface area contributed by atoms with E-state index in [0.29, 0.717) is 26.1 Å². The second kappa shape index (κ2) is 7.68. The van der Waals surface area contributed by atoms with E-state index in [9.17, 15) is 4.79 Å². The van der Waals surface area contributed by atoms with Crippen molar-refractivity contribution >= 4 is 5.91 Å². The summed E-state index contributed by atoms with van der Waals surface area (Å²) in [5.74, 6) is 0.781. The molecular formula is C13H19NO3. The minimum Gasteiger partial charge on any atom is -0.493 e. The zero-order valence-electron chi connectivity index (χ0n) is 10.1. The van der Waals surface area contributed by atoms with Gasteiger partial charge < -0.3 is 14.7 Å². The van der Waals surface area contributed by atoms with Gasteiger partial charge in [-0.3, -0.25) is 4.79 Å². The van der Waals surface area contributed by atoms with Gasteiger partial charge in [0.05, 0.1) is 19.6 Å². The number of benzene rings is 1. The number of amides is 1. The number of aliphatic hydroxyl groups excluding tert-OH is 1. The first-order valence-corrected chi connectivity index (χ1v) is 5.84. The van der Waals surface area contributed by atoms with Gasteiger partial charge in [0.2, 0.25) is 5.91 Å². The quantitative estimate of drug-likeness (QED) is 0.777. The summed E-state index contributed by atoms with van der Waals surface area (Å²) < 4.78 is 5.44. The molecule has 4 nitrogen and oxygen atoms in total. The average Bonchev–Trinajstić information content (AvgIpc) is 2.37. The molecule has 0 saturated carbocycles. The lowest BCUT2D eigenvalue weighted by Gasteiger charge is -2.19. The van der Waals surface area contributed by atoms with Gasteiger partial charge in [0, 0.05) is 13.1 Å². The van der Waals surface area contributed by atoms with E-state index in [1.807, 2.05) is 37.3 Å². The van der Waals surface area contributed by atoms with E-state index in [1.165, 1.54) is 0 Å². The maximum Gasteiger partial charge on any atom is 0.226 e. The van der Waals surface area contributed by atoms with Crippen LogP contribution >= 0.6 is 0 Å². The smallest absolute Gasteiger partial charge is 0.226 e. The summed E-state index contributed by atoms with van der Waals surface area (Å²) in [5, 5.41) is 8.79. The van der Waals surface area contributed by atoms with Crippen LogP contribution in [0.1, 0.15) is 13.3 Å². The van der Waals surface area contributed by atoms with Crippen molar-refractivity contribution in [2.24, 2.45) is 0 Å². The predicted molar refractivity (Wildman–Crippen MR) is 65.9 cm³/mol. The fourth-order valence-corrected chi connectivity index (χ4v) is 1.51. The molecule has 1 aromatic carbocycles. The topological polar surface area (TPSA) is 49.8 Å². The Hall–Kier alpha value is -1.55. The molecule has 0 aliphatic rings. The van der Waals surface area contributed by atoms with Gasteiger partial charge in [0.15, 0.2) is 0 Å². The molecular weight excluding hydrogens is 218 g/mol. The Balaban J connectivity index is 2.28. The van der Waals surface area contributed by atoms with Gasteiger partial charge in [0.1, 0.15) is 5.75 Å². The number of hydrogen-bond donors (Lipinski definition) is 1. The summed E-state index contributed by atoms with van der Waals surface area (Å²) in [6.45, 7) is 3.26. The molecule has 0 heterocycles. The highest BCUT2D eigenvalue weighted by atomic mass is 16.5. The highest BCUT2D eigenvalue weighted by molar-refractivity contribution is 5.76. The number of rotatable bonds is 7. The van der Waals surface area contributed by atoms with Crippen molar-refractivity contribution < 1.29 is 14.6 Å². The van der Waals surface area contributed by atoms with Gasteiger partial charge in [-0.05, 0) is 19.1 Å². The predicted octanol–water partition coefficient (Wildman–Crippen LogP) is 1.30. The van der Waals surface area contributed by atoms with Gasteiger partial charge in [-0.1, -0.05) is 18.2 Å². The number of para-hydroxylation sites is 1. The van der Waals surface area contributed by atoms with E-state index in [1.54, 1.807) is 4.90 Å². The molecule has 0 aliphatic carbocycles. The highest BCUT2D eigenvalue weighted by Crippen LogP contribution is 2.08. The first kappa shape index (κ1) is 13.5. The number of carbonyl (C=O) groups is 1. The van der Waals surface area contributed by atoms with Crippen LogP contribution in [-0.2, 0) is 4.79 Å². The van der Waals surface area contributed by atoms with Gasteiger partial charge >= 0.3 is 0 Å². The first-order chi connectivity index (χ1) is 8.27. The van der Waals surface area contributed by atoms with Gasteiger partial charge in [-0.15, -0.1) is 0 Å². The van der Waals surface area contributed by atoms with Gasteiger partial charge in [-0.2, -0.15) is 0 Å². The van der Waals surface area contributed by atoms with Crippen LogP contribution in [0.25, 0.3) is 0 Å². The summed E-state index contributed by atoms with van der Waals surface area (Å²) >= 11 is 0. The van der Waals surface area contributed by atoms with Crippen LogP contribution in [-0.4, -0.2) is 42.2 Å². The Morgan fingerprint density at radius 2 is 2.06 bits per heavy atom. The van der Waals surface area contributed by atoms with E-state index in [4.69, 9.17) is 9.84 Å². The van der Waals surface area contributed by atoms with Crippen LogP contribution in [0.2, 0.25) is 0 Å². The minimum absolute atomic E-state index is 0.000871. The maximum atomic E-state index is 11.7. The molecule has 0 saturated heterocycles. The normalized spacial score (nSPS) is 10.0. The van der Waals surface area contributed by atoms with Crippen LogP contribution in [0.3, 0.4) is 0 Å². The fraction of sp³-hybridized carbons (Fsp3) is 0.462. The van der Waals surface area contributed by atoms with E-state index in [2.05, 4.69) is 0 Å². The Morgan fingerprint density at radius 1 is 1.35 bits per heavy atom. The zero-order chi connectivity index (χ0) is 12.5. The number of carbonyl (C=O) groups excluding carboxylic acids is 1. The molecule has 0 radical (unpaired) electrons. The van der Waals surface area contributed by atoms with Crippen molar-refractivity contribution in [2.75, 3.05) is 26.3 Å². The van der Waals surface area contributed by atoms with Crippen LogP contribution in [0.15, 0.2) is 30.3 Å². The molecule has 1 amide bonds. The standard InChI is InChI=1S/C13H19NO3/c1-2-14(9-10-15)13(16)8-11-17-12-6-4-3-5-7-12/h3-7,15H,2,8-11H2,1H3. The number of ether oxygens (including phenoxy) is 1. The molecule has 0 atom stereocenters. The lowest BCUT2D eigenvalue weighted by Crippen LogP contribution is -2.34. The van der Waals surface area contributed by atoms with E-state index in [-0.39, 0.29) is 12.5 Å². The molecule has 4 heteroatoms. The Bertz CT molecular complexity index is 327. The van der Waals surface area contributed by atoms with Crippen LogP contribution in [0, 0.1) is 0 Å². The summed E-state index contributed by atoms with van der Waals surface area (Å²) in [5.41, 5.74) is 0. The third kappa shape index (κ3) is 4.87. The van der Waals surface area contributed by atoms with Crippen LogP contribution in [0.4, 0.5) is 0 Å². The second-order valence-corrected chi connectivity index (χ2v) is 3.61. The lowest BCUT2D eigenvalue weighted by molar-refractivity contribution is -0.132. The van der Waals surface area contributed by atoms with Crippen molar-refractivity contribution in [3.05, 3.63) is 30.3 Å². The maximum absolute atomic E-state index is 11.7. The molecule has 1 N–H and O–H groups in total. The van der Waals surface area contributed by atoms with Crippen molar-refractivity contribution in [3.63, 3.8) is 0 Å². The molecule has 1 rings (SSSR count). The second-order valence-electron chi connectivity index (χ2n) is 3.61. The van der Waals surface area contributed by atoms with Crippen molar-refractivity contribution in [3.8, 4) is 5.75 Å². The molecule has 17 heavy (non-hydrogen) atoms. The Kier molecular flexibility index (Phi) is 6.10. The molecule has 94 valence electrons. The summed E-state index contributed by atoms with van der Waals surface area (Å²) in [6.07, 6.45) is 0.336. The third-order valence-electron chi connectivity index (χ3n) is 2.43. The van der Waals surface area contributed by atoms with Crippen molar-refractivity contribution in [2.45, 2.75) is 13.3 Å². The SMILES string of the molecule is CCN(CCO)C(=O)CCOc1ccccc1. The van der Waals surface area contributed by atoms with E-state index >= 15 is 0 Å². The summed E-state index contributed by atoms with van der Waals surface area (Å²) in [4.78, 5) is 13.3. The van der Waals surface area contributed by atoms with Crippen molar-refractivity contribution in [1.82, 2.24) is 4.90 Å². The zero-order valence-corrected chi connectivity index (χ0v) is 10.1.